The Kier molecular flexibility index (Phi) is 6.16. The third kappa shape index (κ3) is 4.59. The number of amides is 3. The van der Waals surface area contributed by atoms with Crippen molar-refractivity contribution in [3.63, 3.8) is 0 Å². The lowest BCUT2D eigenvalue weighted by Crippen LogP contribution is -2.53. The van der Waals surface area contributed by atoms with Gasteiger partial charge in [0.2, 0.25) is 5.91 Å². The van der Waals surface area contributed by atoms with E-state index in [-0.39, 0.29) is 23.5 Å². The van der Waals surface area contributed by atoms with Crippen LogP contribution in [0.25, 0.3) is 0 Å². The summed E-state index contributed by atoms with van der Waals surface area (Å²) in [6.45, 7) is 6.27. The molecule has 2 aliphatic heterocycles. The molecule has 1 atom stereocenters. The summed E-state index contributed by atoms with van der Waals surface area (Å²) in [5, 5.41) is 3.05. The van der Waals surface area contributed by atoms with Crippen LogP contribution in [-0.4, -0.2) is 61.1 Å². The van der Waals surface area contributed by atoms with Gasteiger partial charge in [0.25, 0.3) is 0 Å². The van der Waals surface area contributed by atoms with Crippen LogP contribution < -0.4 is 10.1 Å². The van der Waals surface area contributed by atoms with Gasteiger partial charge in [0.15, 0.2) is 0 Å². The number of ether oxygens (including phenoxy) is 1. The van der Waals surface area contributed by atoms with E-state index < -0.39 is 0 Å². The lowest BCUT2D eigenvalue weighted by molar-refractivity contribution is -0.122. The molecule has 1 aromatic carbocycles. The summed E-state index contributed by atoms with van der Waals surface area (Å²) in [5.41, 5.74) is 0.833. The minimum absolute atomic E-state index is 0.0515. The molecular formula is C22H33N3O3. The number of likely N-dealkylation sites (tertiary alicyclic amines) is 1. The number of carbonyl (C=O) groups is 2. The second-order valence-electron chi connectivity index (χ2n) is 8.79. The van der Waals surface area contributed by atoms with Crippen molar-refractivity contribution in [3.8, 4) is 5.75 Å². The standard InChI is InChI=1S/C22H33N3O3/c1-16(2)15-23-20(26)13-17-14-22(28-19-8-6-5-7-18(17)19)9-11-25(12-10-22)21(27)24(3)4/h5-8,16-17H,9-15H2,1-4H3,(H,23,26). The Bertz CT molecular complexity index is 709. The van der Waals surface area contributed by atoms with Gasteiger partial charge in [-0.25, -0.2) is 4.79 Å². The number of hydrogen-bond donors (Lipinski definition) is 1. The summed E-state index contributed by atoms with van der Waals surface area (Å²) in [6, 6.07) is 8.13. The number of piperidine rings is 1. The Morgan fingerprint density at radius 2 is 1.93 bits per heavy atom. The van der Waals surface area contributed by atoms with Gasteiger partial charge in [-0.3, -0.25) is 4.79 Å². The Morgan fingerprint density at radius 3 is 2.57 bits per heavy atom. The predicted molar refractivity (Wildman–Crippen MR) is 110 cm³/mol. The van der Waals surface area contributed by atoms with Crippen molar-refractivity contribution in [2.75, 3.05) is 33.7 Å². The summed E-state index contributed by atoms with van der Waals surface area (Å²) in [6.07, 6.45) is 2.90. The molecule has 1 fully saturated rings. The molecule has 0 radical (unpaired) electrons. The summed E-state index contributed by atoms with van der Waals surface area (Å²) < 4.78 is 6.48. The highest BCUT2D eigenvalue weighted by Crippen LogP contribution is 2.46. The largest absolute Gasteiger partial charge is 0.487 e. The third-order valence-electron chi connectivity index (χ3n) is 5.77. The number of para-hydroxylation sites is 1. The van der Waals surface area contributed by atoms with Crippen molar-refractivity contribution in [2.45, 2.75) is 51.0 Å². The van der Waals surface area contributed by atoms with Gasteiger partial charge in [0.05, 0.1) is 0 Å². The fraction of sp³-hybridized carbons (Fsp3) is 0.636. The summed E-state index contributed by atoms with van der Waals surface area (Å²) in [7, 11) is 3.57. The van der Waals surface area contributed by atoms with Crippen LogP contribution in [0.15, 0.2) is 24.3 Å². The van der Waals surface area contributed by atoms with E-state index in [0.29, 0.717) is 32.0 Å². The SMILES string of the molecule is CC(C)CNC(=O)CC1CC2(CCN(C(=O)N(C)C)CC2)Oc2ccccc21. The smallest absolute Gasteiger partial charge is 0.319 e. The molecular weight excluding hydrogens is 354 g/mol. The minimum Gasteiger partial charge on any atom is -0.487 e. The van der Waals surface area contributed by atoms with E-state index in [0.717, 1.165) is 30.6 Å². The third-order valence-corrected chi connectivity index (χ3v) is 5.77. The van der Waals surface area contributed by atoms with Crippen molar-refractivity contribution < 1.29 is 14.3 Å². The van der Waals surface area contributed by atoms with E-state index in [4.69, 9.17) is 4.74 Å². The van der Waals surface area contributed by atoms with Crippen LogP contribution in [-0.2, 0) is 4.79 Å². The van der Waals surface area contributed by atoms with Crippen molar-refractivity contribution in [3.05, 3.63) is 29.8 Å². The highest BCUT2D eigenvalue weighted by molar-refractivity contribution is 5.77. The Morgan fingerprint density at radius 1 is 1.25 bits per heavy atom. The lowest BCUT2D eigenvalue weighted by atomic mass is 9.76. The fourth-order valence-electron chi connectivity index (χ4n) is 4.24. The molecule has 2 aliphatic rings. The van der Waals surface area contributed by atoms with Crippen molar-refractivity contribution >= 4 is 11.9 Å². The molecule has 28 heavy (non-hydrogen) atoms. The number of rotatable bonds is 4. The van der Waals surface area contributed by atoms with Gasteiger partial charge < -0.3 is 19.9 Å². The Hall–Kier alpha value is -2.24. The van der Waals surface area contributed by atoms with Crippen LogP contribution in [0.3, 0.4) is 0 Å². The number of benzene rings is 1. The van der Waals surface area contributed by atoms with Gasteiger partial charge in [0, 0.05) is 58.9 Å². The number of nitrogens with zero attached hydrogens (tertiary/aromatic N) is 2. The van der Waals surface area contributed by atoms with Crippen molar-refractivity contribution in [2.24, 2.45) is 5.92 Å². The first-order valence-electron chi connectivity index (χ1n) is 10.3. The normalized spacial score (nSPS) is 20.5. The molecule has 3 amide bonds. The molecule has 1 aromatic rings. The molecule has 0 bridgehead atoms. The quantitative estimate of drug-likeness (QED) is 0.863. The van der Waals surface area contributed by atoms with Crippen LogP contribution >= 0.6 is 0 Å². The van der Waals surface area contributed by atoms with E-state index in [1.807, 2.05) is 23.1 Å². The molecule has 154 valence electrons. The van der Waals surface area contributed by atoms with Gasteiger partial charge >= 0.3 is 6.03 Å². The lowest BCUT2D eigenvalue weighted by Gasteiger charge is -2.47. The van der Waals surface area contributed by atoms with Crippen LogP contribution in [0.1, 0.15) is 51.0 Å². The maximum atomic E-state index is 12.5. The van der Waals surface area contributed by atoms with Crippen LogP contribution in [0.4, 0.5) is 4.79 Å². The van der Waals surface area contributed by atoms with Crippen molar-refractivity contribution in [1.29, 1.82) is 0 Å². The molecule has 0 aromatic heterocycles. The first kappa shape index (κ1) is 20.5. The highest BCUT2D eigenvalue weighted by atomic mass is 16.5. The fourth-order valence-corrected chi connectivity index (χ4v) is 4.24. The summed E-state index contributed by atoms with van der Waals surface area (Å²) >= 11 is 0. The molecule has 3 rings (SSSR count). The number of carbonyl (C=O) groups excluding carboxylic acids is 2. The second-order valence-corrected chi connectivity index (χ2v) is 8.79. The van der Waals surface area contributed by atoms with E-state index in [1.54, 1.807) is 19.0 Å². The zero-order valence-corrected chi connectivity index (χ0v) is 17.5. The molecule has 1 N–H and O–H groups in total. The molecule has 1 saturated heterocycles. The first-order chi connectivity index (χ1) is 13.3. The van der Waals surface area contributed by atoms with E-state index in [1.165, 1.54) is 0 Å². The Balaban J connectivity index is 1.72. The minimum atomic E-state index is -0.291. The van der Waals surface area contributed by atoms with E-state index >= 15 is 0 Å². The highest BCUT2D eigenvalue weighted by Gasteiger charge is 2.44. The van der Waals surface area contributed by atoms with Crippen LogP contribution in [0, 0.1) is 5.92 Å². The number of hydrogen-bond acceptors (Lipinski definition) is 3. The average molecular weight is 388 g/mol. The van der Waals surface area contributed by atoms with Crippen LogP contribution in [0.5, 0.6) is 5.75 Å². The zero-order valence-electron chi connectivity index (χ0n) is 17.5. The van der Waals surface area contributed by atoms with Crippen LogP contribution in [0.2, 0.25) is 0 Å². The maximum absolute atomic E-state index is 12.5. The molecule has 6 nitrogen and oxygen atoms in total. The molecule has 2 heterocycles. The zero-order chi connectivity index (χ0) is 20.3. The molecule has 0 saturated carbocycles. The van der Waals surface area contributed by atoms with Gasteiger partial charge in [-0.15, -0.1) is 0 Å². The number of urea groups is 1. The topological polar surface area (TPSA) is 61.9 Å². The average Bonchev–Trinajstić information content (AvgIpc) is 2.66. The maximum Gasteiger partial charge on any atom is 0.319 e. The molecule has 0 aliphatic carbocycles. The first-order valence-corrected chi connectivity index (χ1v) is 10.3. The summed E-state index contributed by atoms with van der Waals surface area (Å²) in [5.74, 6) is 1.58. The molecule has 1 spiro atoms. The molecule has 1 unspecified atom stereocenters. The van der Waals surface area contributed by atoms with E-state index in [9.17, 15) is 9.59 Å². The predicted octanol–water partition coefficient (Wildman–Crippen LogP) is 3.23. The van der Waals surface area contributed by atoms with Gasteiger partial charge in [-0.05, 0) is 24.0 Å². The Labute approximate surface area is 168 Å². The van der Waals surface area contributed by atoms with E-state index in [2.05, 4.69) is 25.2 Å². The number of fused-ring (bicyclic) bond motifs is 1. The second kappa shape index (κ2) is 8.41. The van der Waals surface area contributed by atoms with Gasteiger partial charge in [-0.2, -0.15) is 0 Å². The number of nitrogens with one attached hydrogen (secondary N) is 1. The van der Waals surface area contributed by atoms with Crippen molar-refractivity contribution in [1.82, 2.24) is 15.1 Å². The monoisotopic (exact) mass is 387 g/mol. The summed E-state index contributed by atoms with van der Waals surface area (Å²) in [4.78, 5) is 28.3. The van der Waals surface area contributed by atoms with Gasteiger partial charge in [0.1, 0.15) is 11.4 Å². The molecule has 6 heteroatoms. The van der Waals surface area contributed by atoms with Gasteiger partial charge in [-0.1, -0.05) is 32.0 Å².